The average Bonchev–Trinajstić information content (AvgIpc) is 3.27. The number of halogens is 1. The number of carbonyl (C=O) groups excluding carboxylic acids is 2. The van der Waals surface area contributed by atoms with Gasteiger partial charge in [-0.3, -0.25) is 19.5 Å². The quantitative estimate of drug-likeness (QED) is 0.588. The Morgan fingerprint density at radius 2 is 1.97 bits per heavy atom. The Balaban J connectivity index is 2.14. The van der Waals surface area contributed by atoms with E-state index in [1.165, 1.54) is 4.90 Å². The standard InChI is InChI=1S/C21H22ClN5O2S/c1-4-21(2,3)24-19(28)18(14-6-5-11-23-12-14)27(16-9-7-15(22)8-10-16)20(29)17-13-30-26-25-17/h5-13,18H,4H2,1-3H3,(H,24,28). The first-order valence-corrected chi connectivity index (χ1v) is 10.6. The summed E-state index contributed by atoms with van der Waals surface area (Å²) in [5.41, 5.74) is 0.796. The van der Waals surface area contributed by atoms with Crippen LogP contribution in [0.1, 0.15) is 49.3 Å². The average molecular weight is 444 g/mol. The second-order valence-electron chi connectivity index (χ2n) is 7.36. The number of nitrogens with one attached hydrogen (secondary N) is 1. The fourth-order valence-corrected chi connectivity index (χ4v) is 3.37. The highest BCUT2D eigenvalue weighted by Crippen LogP contribution is 2.31. The highest BCUT2D eigenvalue weighted by molar-refractivity contribution is 7.03. The number of rotatable bonds is 7. The Hall–Kier alpha value is -2.84. The smallest absolute Gasteiger partial charge is 0.280 e. The maximum absolute atomic E-state index is 13.5. The van der Waals surface area contributed by atoms with Gasteiger partial charge in [-0.2, -0.15) is 0 Å². The summed E-state index contributed by atoms with van der Waals surface area (Å²) >= 11 is 7.12. The number of benzene rings is 1. The molecule has 7 nitrogen and oxygen atoms in total. The maximum Gasteiger partial charge on any atom is 0.280 e. The number of carbonyl (C=O) groups is 2. The van der Waals surface area contributed by atoms with Gasteiger partial charge in [-0.15, -0.1) is 5.10 Å². The lowest BCUT2D eigenvalue weighted by molar-refractivity contribution is -0.124. The van der Waals surface area contributed by atoms with Crippen LogP contribution < -0.4 is 10.2 Å². The summed E-state index contributed by atoms with van der Waals surface area (Å²) in [7, 11) is 0. The second kappa shape index (κ2) is 9.32. The molecular weight excluding hydrogens is 422 g/mol. The SMILES string of the molecule is CCC(C)(C)NC(=O)C(c1cccnc1)N(C(=O)c1csnn1)c1ccc(Cl)cc1. The normalized spacial score (nSPS) is 12.3. The van der Waals surface area contributed by atoms with E-state index in [1.54, 1.807) is 54.2 Å². The van der Waals surface area contributed by atoms with Crippen LogP contribution in [0.3, 0.4) is 0 Å². The van der Waals surface area contributed by atoms with E-state index in [0.717, 1.165) is 18.0 Å². The number of hydrogen-bond acceptors (Lipinski definition) is 6. The van der Waals surface area contributed by atoms with E-state index in [9.17, 15) is 9.59 Å². The monoisotopic (exact) mass is 443 g/mol. The first-order chi connectivity index (χ1) is 14.3. The number of nitrogens with zero attached hydrogens (tertiary/aromatic N) is 4. The largest absolute Gasteiger partial charge is 0.349 e. The molecule has 2 amide bonds. The van der Waals surface area contributed by atoms with Gasteiger partial charge in [-0.05, 0) is 62.1 Å². The molecular formula is C21H22ClN5O2S. The molecule has 0 saturated carbocycles. The molecule has 2 heterocycles. The minimum absolute atomic E-state index is 0.159. The molecule has 30 heavy (non-hydrogen) atoms. The van der Waals surface area contributed by atoms with Crippen LogP contribution >= 0.6 is 23.1 Å². The third-order valence-electron chi connectivity index (χ3n) is 4.75. The number of hydrogen-bond donors (Lipinski definition) is 1. The molecule has 0 saturated heterocycles. The Bertz CT molecular complexity index is 994. The molecule has 0 radical (unpaired) electrons. The fourth-order valence-electron chi connectivity index (χ4n) is 2.81. The van der Waals surface area contributed by atoms with E-state index in [0.29, 0.717) is 16.3 Å². The minimum Gasteiger partial charge on any atom is -0.349 e. The highest BCUT2D eigenvalue weighted by atomic mass is 35.5. The summed E-state index contributed by atoms with van der Waals surface area (Å²) in [6.45, 7) is 5.86. The van der Waals surface area contributed by atoms with Crippen molar-refractivity contribution in [2.24, 2.45) is 0 Å². The molecule has 156 valence electrons. The van der Waals surface area contributed by atoms with E-state index in [2.05, 4.69) is 19.9 Å². The van der Waals surface area contributed by atoms with Crippen molar-refractivity contribution in [2.45, 2.75) is 38.8 Å². The van der Waals surface area contributed by atoms with Crippen LogP contribution in [-0.4, -0.2) is 31.9 Å². The predicted octanol–water partition coefficient (Wildman–Crippen LogP) is 4.28. The lowest BCUT2D eigenvalue weighted by Crippen LogP contribution is -2.50. The third kappa shape index (κ3) is 5.01. The summed E-state index contributed by atoms with van der Waals surface area (Å²) in [4.78, 5) is 32.5. The molecule has 1 atom stereocenters. The van der Waals surface area contributed by atoms with Crippen molar-refractivity contribution >= 4 is 40.6 Å². The van der Waals surface area contributed by atoms with Crippen molar-refractivity contribution in [3.63, 3.8) is 0 Å². The molecule has 3 aromatic rings. The first kappa shape index (κ1) is 21.9. The number of aromatic nitrogens is 3. The lowest BCUT2D eigenvalue weighted by Gasteiger charge is -2.34. The van der Waals surface area contributed by atoms with Gasteiger partial charge < -0.3 is 5.32 Å². The topological polar surface area (TPSA) is 88.1 Å². The minimum atomic E-state index is -0.958. The van der Waals surface area contributed by atoms with E-state index in [4.69, 9.17) is 11.6 Å². The molecule has 2 aromatic heterocycles. The van der Waals surface area contributed by atoms with Crippen molar-refractivity contribution in [3.8, 4) is 0 Å². The molecule has 0 aliphatic carbocycles. The van der Waals surface area contributed by atoms with Crippen molar-refractivity contribution in [1.82, 2.24) is 19.9 Å². The van der Waals surface area contributed by atoms with Crippen molar-refractivity contribution in [3.05, 3.63) is 70.5 Å². The molecule has 0 aliphatic heterocycles. The lowest BCUT2D eigenvalue weighted by atomic mass is 9.99. The van der Waals surface area contributed by atoms with Crippen LogP contribution in [0.4, 0.5) is 5.69 Å². The van der Waals surface area contributed by atoms with Crippen LogP contribution in [0.2, 0.25) is 5.02 Å². The molecule has 0 bridgehead atoms. The van der Waals surface area contributed by atoms with Gasteiger partial charge in [0.1, 0.15) is 6.04 Å². The number of amides is 2. The van der Waals surface area contributed by atoms with Crippen LogP contribution in [-0.2, 0) is 4.79 Å². The molecule has 9 heteroatoms. The summed E-state index contributed by atoms with van der Waals surface area (Å²) in [6.07, 6.45) is 3.93. The zero-order chi connectivity index (χ0) is 21.7. The molecule has 1 aromatic carbocycles. The van der Waals surface area contributed by atoms with Gasteiger partial charge in [0, 0.05) is 39.6 Å². The zero-order valence-electron chi connectivity index (χ0n) is 16.9. The molecule has 0 aliphatic rings. The van der Waals surface area contributed by atoms with Crippen LogP contribution in [0, 0.1) is 0 Å². The molecule has 1 unspecified atom stereocenters. The first-order valence-electron chi connectivity index (χ1n) is 9.40. The van der Waals surface area contributed by atoms with Gasteiger partial charge in [0.25, 0.3) is 5.91 Å². The summed E-state index contributed by atoms with van der Waals surface area (Å²) in [5.74, 6) is -0.759. The van der Waals surface area contributed by atoms with Crippen LogP contribution in [0.15, 0.2) is 54.2 Å². The fraction of sp³-hybridized carbons (Fsp3) is 0.286. The number of anilines is 1. The van der Waals surface area contributed by atoms with Gasteiger partial charge in [0.2, 0.25) is 5.91 Å². The Kier molecular flexibility index (Phi) is 6.79. The van der Waals surface area contributed by atoms with Gasteiger partial charge in [-0.1, -0.05) is 29.1 Å². The number of pyridine rings is 1. The molecule has 0 fully saturated rings. The van der Waals surface area contributed by atoms with E-state index in [-0.39, 0.29) is 11.6 Å². The van der Waals surface area contributed by atoms with E-state index < -0.39 is 17.5 Å². The van der Waals surface area contributed by atoms with Gasteiger partial charge in [-0.25, -0.2) is 0 Å². The predicted molar refractivity (Wildman–Crippen MR) is 118 cm³/mol. The van der Waals surface area contributed by atoms with E-state index in [1.807, 2.05) is 20.8 Å². The van der Waals surface area contributed by atoms with Gasteiger partial charge in [0.05, 0.1) is 0 Å². The highest BCUT2D eigenvalue weighted by Gasteiger charge is 2.36. The molecule has 1 N–H and O–H groups in total. The van der Waals surface area contributed by atoms with Gasteiger partial charge >= 0.3 is 0 Å². The summed E-state index contributed by atoms with van der Waals surface area (Å²) in [5, 5.41) is 9.04. The summed E-state index contributed by atoms with van der Waals surface area (Å²) in [6, 6.07) is 9.28. The van der Waals surface area contributed by atoms with Crippen molar-refractivity contribution in [2.75, 3.05) is 4.90 Å². The van der Waals surface area contributed by atoms with E-state index >= 15 is 0 Å². The van der Waals surface area contributed by atoms with Crippen LogP contribution in [0.25, 0.3) is 0 Å². The van der Waals surface area contributed by atoms with Crippen LogP contribution in [0.5, 0.6) is 0 Å². The molecule has 3 rings (SSSR count). The van der Waals surface area contributed by atoms with Gasteiger partial charge in [0.15, 0.2) is 5.69 Å². The second-order valence-corrected chi connectivity index (χ2v) is 8.40. The molecule has 0 spiro atoms. The Morgan fingerprint density at radius 1 is 1.23 bits per heavy atom. The van der Waals surface area contributed by atoms with Crippen molar-refractivity contribution in [1.29, 1.82) is 0 Å². The Labute approximate surface area is 184 Å². The maximum atomic E-state index is 13.5. The summed E-state index contributed by atoms with van der Waals surface area (Å²) < 4.78 is 3.79. The zero-order valence-corrected chi connectivity index (χ0v) is 18.4. The third-order valence-corrected chi connectivity index (χ3v) is 5.51. The Morgan fingerprint density at radius 3 is 2.53 bits per heavy atom. The van der Waals surface area contributed by atoms with Crippen molar-refractivity contribution < 1.29 is 9.59 Å².